The van der Waals surface area contributed by atoms with E-state index >= 15 is 0 Å². The van der Waals surface area contributed by atoms with Gasteiger partial charge in [-0.2, -0.15) is 5.10 Å². The molecule has 0 radical (unpaired) electrons. The van der Waals surface area contributed by atoms with E-state index in [0.717, 1.165) is 71.8 Å². The van der Waals surface area contributed by atoms with Crippen LogP contribution < -0.4 is 5.56 Å². The van der Waals surface area contributed by atoms with Crippen molar-refractivity contribution in [2.24, 2.45) is 0 Å². The smallest absolute Gasteiger partial charge is 0.247 e. The van der Waals surface area contributed by atoms with Crippen LogP contribution in [0.3, 0.4) is 0 Å². The van der Waals surface area contributed by atoms with E-state index in [2.05, 4.69) is 55.4 Å². The number of morpholine rings is 1. The van der Waals surface area contributed by atoms with E-state index in [1.165, 1.54) is 10.9 Å². The summed E-state index contributed by atoms with van der Waals surface area (Å²) in [6.45, 7) is 4.52. The Morgan fingerprint density at radius 3 is 2.62 bits per heavy atom. The first-order valence-corrected chi connectivity index (χ1v) is 10.8. The van der Waals surface area contributed by atoms with Gasteiger partial charge in [0.25, 0.3) is 0 Å². The fourth-order valence-corrected chi connectivity index (χ4v) is 4.41. The number of fused-ring (bicyclic) bond motifs is 2. The lowest BCUT2D eigenvalue weighted by Gasteiger charge is -2.26. The number of rotatable bonds is 4. The molecule has 0 amide bonds. The van der Waals surface area contributed by atoms with Crippen molar-refractivity contribution in [2.45, 2.75) is 6.54 Å². The second-order valence-corrected chi connectivity index (χ2v) is 8.27. The molecule has 1 saturated heterocycles. The standard InChI is InChI=1S/C25H23N5O2/c31-24-6-3-18(14-26-24)17-2-5-22-20(12-17)25(29-28-22)23-13-19-11-16(1-4-21(19)27-23)15-30-7-9-32-10-8-30/h1-6,11-14,27H,7-10,15H2,(H,26,31)(H,28,29). The van der Waals surface area contributed by atoms with Crippen LogP contribution in [-0.4, -0.2) is 51.4 Å². The monoisotopic (exact) mass is 425 g/mol. The molecule has 160 valence electrons. The summed E-state index contributed by atoms with van der Waals surface area (Å²) < 4.78 is 5.46. The third-order valence-electron chi connectivity index (χ3n) is 6.13. The fourth-order valence-electron chi connectivity index (χ4n) is 4.41. The molecule has 32 heavy (non-hydrogen) atoms. The van der Waals surface area contributed by atoms with Gasteiger partial charge in [-0.15, -0.1) is 0 Å². The van der Waals surface area contributed by atoms with E-state index in [1.54, 1.807) is 12.3 Å². The molecule has 1 aliphatic heterocycles. The van der Waals surface area contributed by atoms with Gasteiger partial charge in [0.2, 0.25) is 5.56 Å². The van der Waals surface area contributed by atoms with Crippen LogP contribution in [0.2, 0.25) is 0 Å². The van der Waals surface area contributed by atoms with Crippen molar-refractivity contribution in [3.05, 3.63) is 76.7 Å². The Morgan fingerprint density at radius 2 is 1.78 bits per heavy atom. The van der Waals surface area contributed by atoms with E-state index in [9.17, 15) is 4.79 Å². The number of nitrogens with zero attached hydrogens (tertiary/aromatic N) is 2. The molecule has 6 rings (SSSR count). The van der Waals surface area contributed by atoms with Gasteiger partial charge in [-0.25, -0.2) is 0 Å². The maximum Gasteiger partial charge on any atom is 0.247 e. The summed E-state index contributed by atoms with van der Waals surface area (Å²) in [6, 6.07) is 18.3. The second-order valence-electron chi connectivity index (χ2n) is 8.27. The number of hydrogen-bond acceptors (Lipinski definition) is 4. The van der Waals surface area contributed by atoms with E-state index in [0.29, 0.717) is 0 Å². The molecule has 4 heterocycles. The zero-order valence-electron chi connectivity index (χ0n) is 17.5. The topological polar surface area (TPSA) is 89.8 Å². The molecule has 0 spiro atoms. The first-order valence-electron chi connectivity index (χ1n) is 10.8. The number of aromatic nitrogens is 4. The molecule has 2 aromatic carbocycles. The Balaban J connectivity index is 1.36. The zero-order chi connectivity index (χ0) is 21.5. The number of benzene rings is 2. The van der Waals surface area contributed by atoms with Gasteiger partial charge in [-0.3, -0.25) is 14.8 Å². The van der Waals surface area contributed by atoms with Crippen molar-refractivity contribution in [2.75, 3.05) is 26.3 Å². The molecular weight excluding hydrogens is 402 g/mol. The first kappa shape index (κ1) is 19.0. The lowest BCUT2D eigenvalue weighted by Crippen LogP contribution is -2.35. The molecule has 0 saturated carbocycles. The van der Waals surface area contributed by atoms with Gasteiger partial charge in [-0.1, -0.05) is 12.1 Å². The second kappa shape index (κ2) is 7.78. The maximum atomic E-state index is 11.4. The van der Waals surface area contributed by atoms with Crippen LogP contribution >= 0.6 is 0 Å². The summed E-state index contributed by atoms with van der Waals surface area (Å²) in [5.41, 5.74) is 7.12. The first-order chi connectivity index (χ1) is 15.7. The van der Waals surface area contributed by atoms with Gasteiger partial charge in [0.1, 0.15) is 5.69 Å². The molecule has 7 heteroatoms. The molecule has 7 nitrogen and oxygen atoms in total. The zero-order valence-corrected chi connectivity index (χ0v) is 17.5. The third-order valence-corrected chi connectivity index (χ3v) is 6.13. The highest BCUT2D eigenvalue weighted by molar-refractivity contribution is 5.97. The van der Waals surface area contributed by atoms with E-state index in [-0.39, 0.29) is 5.56 Å². The molecule has 0 bridgehead atoms. The van der Waals surface area contributed by atoms with Crippen LogP contribution in [0.1, 0.15) is 5.56 Å². The Morgan fingerprint density at radius 1 is 0.938 bits per heavy atom. The van der Waals surface area contributed by atoms with Crippen LogP contribution in [0, 0.1) is 0 Å². The van der Waals surface area contributed by atoms with Crippen LogP contribution in [0.5, 0.6) is 0 Å². The van der Waals surface area contributed by atoms with Gasteiger partial charge < -0.3 is 14.7 Å². The number of H-pyrrole nitrogens is 3. The van der Waals surface area contributed by atoms with Crippen molar-refractivity contribution in [1.82, 2.24) is 25.1 Å². The number of pyridine rings is 1. The van der Waals surface area contributed by atoms with Crippen molar-refractivity contribution < 1.29 is 4.74 Å². The maximum absolute atomic E-state index is 11.4. The van der Waals surface area contributed by atoms with E-state index in [4.69, 9.17) is 4.74 Å². The largest absolute Gasteiger partial charge is 0.379 e. The highest BCUT2D eigenvalue weighted by Gasteiger charge is 2.14. The van der Waals surface area contributed by atoms with Crippen LogP contribution in [0.15, 0.2) is 65.6 Å². The van der Waals surface area contributed by atoms with Gasteiger partial charge in [0.05, 0.1) is 24.4 Å². The summed E-state index contributed by atoms with van der Waals surface area (Å²) in [4.78, 5) is 20.1. The van der Waals surface area contributed by atoms with Crippen molar-refractivity contribution in [3.63, 3.8) is 0 Å². The lowest BCUT2D eigenvalue weighted by atomic mass is 10.0. The minimum Gasteiger partial charge on any atom is -0.379 e. The summed E-state index contributed by atoms with van der Waals surface area (Å²) in [5, 5.41) is 9.94. The highest BCUT2D eigenvalue weighted by atomic mass is 16.5. The molecule has 1 fully saturated rings. The summed E-state index contributed by atoms with van der Waals surface area (Å²) in [5.74, 6) is 0. The number of hydrogen-bond donors (Lipinski definition) is 3. The molecule has 0 aliphatic carbocycles. The predicted molar refractivity (Wildman–Crippen MR) is 126 cm³/mol. The normalized spacial score (nSPS) is 15.0. The van der Waals surface area contributed by atoms with Crippen molar-refractivity contribution in [1.29, 1.82) is 0 Å². The minimum atomic E-state index is -0.107. The molecule has 1 aliphatic rings. The van der Waals surface area contributed by atoms with Crippen LogP contribution in [0.25, 0.3) is 44.3 Å². The average molecular weight is 425 g/mol. The quantitative estimate of drug-likeness (QED) is 0.407. The highest BCUT2D eigenvalue weighted by Crippen LogP contribution is 2.32. The lowest BCUT2D eigenvalue weighted by molar-refractivity contribution is 0.0342. The van der Waals surface area contributed by atoms with Gasteiger partial charge in [-0.05, 0) is 53.1 Å². The number of nitrogens with one attached hydrogen (secondary N) is 3. The summed E-state index contributed by atoms with van der Waals surface area (Å²) in [6.07, 6.45) is 1.74. The Bertz CT molecular complexity index is 1450. The molecule has 0 atom stereocenters. The Labute approximate surface area is 184 Å². The minimum absolute atomic E-state index is 0.107. The Hall–Kier alpha value is -3.68. The van der Waals surface area contributed by atoms with E-state index in [1.807, 2.05) is 18.2 Å². The third kappa shape index (κ3) is 3.51. The van der Waals surface area contributed by atoms with Crippen LogP contribution in [0.4, 0.5) is 0 Å². The summed E-state index contributed by atoms with van der Waals surface area (Å²) >= 11 is 0. The van der Waals surface area contributed by atoms with Gasteiger partial charge in [0, 0.05) is 48.2 Å². The number of aromatic amines is 3. The SMILES string of the molecule is O=c1ccc(-c2ccc3[nH]nc(-c4cc5cc(CN6CCOCC6)ccc5[nH]4)c3c2)c[nH]1. The molecule has 3 aromatic heterocycles. The van der Waals surface area contributed by atoms with Crippen molar-refractivity contribution in [3.8, 4) is 22.5 Å². The number of ether oxygens (including phenoxy) is 1. The van der Waals surface area contributed by atoms with Gasteiger partial charge in [0.15, 0.2) is 0 Å². The van der Waals surface area contributed by atoms with Crippen molar-refractivity contribution >= 4 is 21.8 Å². The predicted octanol–water partition coefficient (Wildman–Crippen LogP) is 3.90. The molecule has 0 unspecified atom stereocenters. The molecule has 3 N–H and O–H groups in total. The van der Waals surface area contributed by atoms with E-state index < -0.39 is 0 Å². The Kier molecular flexibility index (Phi) is 4.63. The fraction of sp³-hybridized carbons (Fsp3) is 0.200. The average Bonchev–Trinajstić information content (AvgIpc) is 3.43. The molecule has 5 aromatic rings. The molecular formula is C25H23N5O2. The summed E-state index contributed by atoms with van der Waals surface area (Å²) in [7, 11) is 0. The van der Waals surface area contributed by atoms with Gasteiger partial charge >= 0.3 is 0 Å². The van der Waals surface area contributed by atoms with Crippen LogP contribution in [-0.2, 0) is 11.3 Å².